The van der Waals surface area contributed by atoms with Crippen LogP contribution < -0.4 is 0 Å². The van der Waals surface area contributed by atoms with Crippen LogP contribution in [0.15, 0.2) is 23.9 Å². The summed E-state index contributed by atoms with van der Waals surface area (Å²) in [7, 11) is -3.44. The van der Waals surface area contributed by atoms with Crippen LogP contribution in [0.5, 0.6) is 0 Å². The van der Waals surface area contributed by atoms with E-state index in [2.05, 4.69) is 52.4 Å². The molecular formula is C13H26OSi3. The van der Waals surface area contributed by atoms with Crippen LogP contribution in [0.3, 0.4) is 0 Å². The van der Waals surface area contributed by atoms with Crippen molar-refractivity contribution >= 4 is 29.2 Å². The van der Waals surface area contributed by atoms with E-state index in [1.165, 1.54) is 16.1 Å². The Labute approximate surface area is 110 Å². The highest BCUT2D eigenvalue weighted by Crippen LogP contribution is 2.25. The van der Waals surface area contributed by atoms with Crippen molar-refractivity contribution in [3.63, 3.8) is 0 Å². The minimum atomic E-state index is -1.53. The topological polar surface area (TPSA) is 9.23 Å². The molecule has 0 atom stereocenters. The van der Waals surface area contributed by atoms with Crippen LogP contribution in [0.2, 0.25) is 39.3 Å². The van der Waals surface area contributed by atoms with Crippen molar-refractivity contribution in [1.82, 2.24) is 0 Å². The first-order valence-electron chi connectivity index (χ1n) is 6.32. The molecular weight excluding hydrogens is 256 g/mol. The molecule has 4 heteroatoms. The van der Waals surface area contributed by atoms with Gasteiger partial charge in [0.25, 0.3) is 0 Å². The van der Waals surface area contributed by atoms with Crippen molar-refractivity contribution in [2.24, 2.45) is 0 Å². The van der Waals surface area contributed by atoms with Crippen LogP contribution >= 0.6 is 0 Å². The fourth-order valence-electron chi connectivity index (χ4n) is 2.18. The van der Waals surface area contributed by atoms with Gasteiger partial charge in [0.1, 0.15) is 0 Å². The normalized spacial score (nSPS) is 18.7. The monoisotopic (exact) mass is 282 g/mol. The van der Waals surface area contributed by atoms with Crippen LogP contribution in [0.1, 0.15) is 12.8 Å². The van der Waals surface area contributed by atoms with Gasteiger partial charge in [0.2, 0.25) is 8.32 Å². The first-order chi connectivity index (χ1) is 7.52. The molecule has 0 amide bonds. The number of allylic oxidation sites excluding steroid dienone is 1. The van der Waals surface area contributed by atoms with E-state index in [1.54, 1.807) is 0 Å². The molecule has 0 unspecified atom stereocenters. The fraction of sp³-hybridized carbons (Fsp3) is 0.615. The number of hydrogen-bond donors (Lipinski definition) is 0. The summed E-state index contributed by atoms with van der Waals surface area (Å²) < 4.78 is 6.38. The molecule has 0 aromatic carbocycles. The van der Waals surface area contributed by atoms with Gasteiger partial charge in [0.05, 0.1) is 20.9 Å². The third kappa shape index (κ3) is 3.89. The smallest absolute Gasteiger partial charge is 0.241 e. The Bertz CT molecular complexity index is 380. The second-order valence-corrected chi connectivity index (χ2v) is 23.7. The second-order valence-electron chi connectivity index (χ2n) is 6.88. The van der Waals surface area contributed by atoms with Gasteiger partial charge in [0.15, 0.2) is 0 Å². The van der Waals surface area contributed by atoms with E-state index in [0.29, 0.717) is 0 Å². The van der Waals surface area contributed by atoms with Gasteiger partial charge in [-0.2, -0.15) is 0 Å². The van der Waals surface area contributed by atoms with Crippen LogP contribution in [-0.4, -0.2) is 29.2 Å². The van der Waals surface area contributed by atoms with Gasteiger partial charge in [0, 0.05) is 0 Å². The first-order valence-corrected chi connectivity index (χ1v) is 15.7. The standard InChI is InChI=1S/C13H26OSi3/c1-11-9-10-12(2)15(17(6,7)8)13(11)14-16(3,4)5/h1-2,9-10H2,3-8H3. The Kier molecular flexibility index (Phi) is 4.21. The average Bonchev–Trinajstić information content (AvgIpc) is 2.06. The minimum Gasteiger partial charge on any atom is -0.548 e. The van der Waals surface area contributed by atoms with Crippen molar-refractivity contribution in [2.45, 2.75) is 52.1 Å². The van der Waals surface area contributed by atoms with Crippen molar-refractivity contribution in [2.75, 3.05) is 0 Å². The summed E-state index contributed by atoms with van der Waals surface area (Å²) in [6.45, 7) is 22.7. The van der Waals surface area contributed by atoms with Crippen molar-refractivity contribution in [3.05, 3.63) is 23.9 Å². The number of rotatable bonds is 3. The predicted octanol–water partition coefficient (Wildman–Crippen LogP) is 3.91. The zero-order chi connectivity index (χ0) is 13.4. The molecule has 1 aliphatic rings. The molecule has 0 bridgehead atoms. The SMILES string of the molecule is C=C1CCC(=C)[Si]([Si](C)(C)C)=C1O[Si](C)(C)C. The Balaban J connectivity index is 3.29. The van der Waals surface area contributed by atoms with Gasteiger partial charge in [-0.3, -0.25) is 0 Å². The fourth-order valence-corrected chi connectivity index (χ4v) is 13.8. The molecule has 1 heterocycles. The molecule has 0 fully saturated rings. The van der Waals surface area contributed by atoms with E-state index in [1.807, 2.05) is 0 Å². The molecule has 0 aliphatic carbocycles. The van der Waals surface area contributed by atoms with Gasteiger partial charge in [-0.25, -0.2) is 0 Å². The van der Waals surface area contributed by atoms with Crippen molar-refractivity contribution in [1.29, 1.82) is 0 Å². The van der Waals surface area contributed by atoms with Crippen molar-refractivity contribution < 1.29 is 4.43 Å². The van der Waals surface area contributed by atoms with Gasteiger partial charge >= 0.3 is 0 Å². The lowest BCUT2D eigenvalue weighted by atomic mass is 10.2. The Morgan fingerprint density at radius 2 is 1.53 bits per heavy atom. The molecule has 0 aromatic rings. The summed E-state index contributed by atoms with van der Waals surface area (Å²) >= 11 is 0. The van der Waals surface area contributed by atoms with E-state index < -0.39 is 23.8 Å². The summed E-state index contributed by atoms with van der Waals surface area (Å²) in [6, 6.07) is 0. The van der Waals surface area contributed by atoms with E-state index in [0.717, 1.165) is 12.8 Å². The van der Waals surface area contributed by atoms with Gasteiger partial charge in [-0.05, 0) is 38.1 Å². The lowest BCUT2D eigenvalue weighted by Crippen LogP contribution is -2.48. The summed E-state index contributed by atoms with van der Waals surface area (Å²) in [4.78, 5) is 0. The molecule has 0 N–H and O–H groups in total. The lowest BCUT2D eigenvalue weighted by molar-refractivity contribution is 0.560. The van der Waals surface area contributed by atoms with E-state index >= 15 is 0 Å². The zero-order valence-corrected chi connectivity index (χ0v) is 15.2. The molecule has 0 aromatic heterocycles. The maximum Gasteiger partial charge on any atom is 0.241 e. The maximum atomic E-state index is 6.38. The van der Waals surface area contributed by atoms with E-state index in [-0.39, 0.29) is 0 Å². The number of hydrogen-bond acceptors (Lipinski definition) is 1. The van der Waals surface area contributed by atoms with Crippen LogP contribution in [0, 0.1) is 0 Å². The van der Waals surface area contributed by atoms with Crippen LogP contribution in [0.25, 0.3) is 0 Å². The third-order valence-electron chi connectivity index (χ3n) is 2.79. The van der Waals surface area contributed by atoms with Crippen LogP contribution in [-0.2, 0) is 4.43 Å². The largest absolute Gasteiger partial charge is 0.548 e. The zero-order valence-electron chi connectivity index (χ0n) is 12.2. The van der Waals surface area contributed by atoms with Gasteiger partial charge in [-0.1, -0.05) is 31.4 Å². The quantitative estimate of drug-likeness (QED) is 0.713. The molecule has 0 spiro atoms. The molecule has 1 rings (SSSR count). The molecule has 1 aliphatic heterocycles. The highest BCUT2D eigenvalue weighted by atomic mass is 29.2. The molecule has 17 heavy (non-hydrogen) atoms. The Morgan fingerprint density at radius 3 is 1.94 bits per heavy atom. The summed E-state index contributed by atoms with van der Waals surface area (Å²) in [5.74, 6) is 0. The summed E-state index contributed by atoms with van der Waals surface area (Å²) in [6.07, 6.45) is 2.19. The summed E-state index contributed by atoms with van der Waals surface area (Å²) in [5, 5.41) is 2.75. The van der Waals surface area contributed by atoms with Gasteiger partial charge < -0.3 is 4.43 Å². The Hall–Kier alpha value is -0.199. The van der Waals surface area contributed by atoms with E-state index in [4.69, 9.17) is 4.43 Å². The molecule has 0 radical (unpaired) electrons. The summed E-state index contributed by atoms with van der Waals surface area (Å²) in [5.41, 5.74) is 1.26. The Morgan fingerprint density at radius 1 is 1.00 bits per heavy atom. The molecule has 0 saturated heterocycles. The highest BCUT2D eigenvalue weighted by molar-refractivity contribution is 7.36. The van der Waals surface area contributed by atoms with Gasteiger partial charge in [-0.15, -0.1) is 6.58 Å². The first kappa shape index (κ1) is 14.9. The molecule has 96 valence electrons. The maximum absolute atomic E-state index is 6.38. The predicted molar refractivity (Wildman–Crippen MR) is 86.1 cm³/mol. The average molecular weight is 283 g/mol. The van der Waals surface area contributed by atoms with Crippen LogP contribution in [0.4, 0.5) is 0 Å². The highest BCUT2D eigenvalue weighted by Gasteiger charge is 2.33. The third-order valence-corrected chi connectivity index (χ3v) is 13.4. The molecule has 1 nitrogen and oxygen atoms in total. The van der Waals surface area contributed by atoms with Crippen molar-refractivity contribution in [3.8, 4) is 0 Å². The minimum absolute atomic E-state index is 0.687. The second kappa shape index (κ2) is 4.82. The lowest BCUT2D eigenvalue weighted by Gasteiger charge is -2.34. The van der Waals surface area contributed by atoms with E-state index in [9.17, 15) is 0 Å². The molecule has 0 saturated carbocycles.